The Morgan fingerprint density at radius 2 is 2.19 bits per heavy atom. The molecule has 2 nitrogen and oxygen atoms in total. The van der Waals surface area contributed by atoms with Gasteiger partial charge in [0, 0.05) is 23.5 Å². The monoisotopic (exact) mass is 308 g/mol. The minimum Gasteiger partial charge on any atom is -0.329 e. The zero-order valence-electron chi connectivity index (χ0n) is 13.8. The van der Waals surface area contributed by atoms with Crippen molar-refractivity contribution >= 4 is 11.3 Å². The molecule has 1 saturated carbocycles. The lowest BCUT2D eigenvalue weighted by atomic mass is 9.87. The highest BCUT2D eigenvalue weighted by atomic mass is 32.1. The van der Waals surface area contributed by atoms with Crippen LogP contribution in [0.5, 0.6) is 0 Å². The van der Waals surface area contributed by atoms with Crippen LogP contribution >= 0.6 is 11.3 Å². The molecule has 1 heterocycles. The Morgan fingerprint density at radius 3 is 2.81 bits per heavy atom. The highest BCUT2D eigenvalue weighted by Gasteiger charge is 2.36. The number of rotatable bonds is 7. The fraction of sp³-hybridized carbons (Fsp3) is 0.778. The topological polar surface area (TPSA) is 29.3 Å². The van der Waals surface area contributed by atoms with Gasteiger partial charge in [-0.15, -0.1) is 11.3 Å². The van der Waals surface area contributed by atoms with Crippen molar-refractivity contribution < 1.29 is 0 Å². The third kappa shape index (κ3) is 4.30. The standard InChI is InChI=1S/C18H32N2S/c1-3-7-16-8-5-11-18(15-19,12-10-16)20(4-2)14-17-9-6-13-21-17/h6,9,13,16H,3-5,7-8,10-12,14-15,19H2,1-2H3. The van der Waals surface area contributed by atoms with E-state index < -0.39 is 0 Å². The van der Waals surface area contributed by atoms with Crippen molar-refractivity contribution in [1.29, 1.82) is 0 Å². The zero-order chi connectivity index (χ0) is 15.1. The SMILES string of the molecule is CCCC1CCCC(CN)(N(CC)Cc2cccs2)CC1. The second-order valence-electron chi connectivity index (χ2n) is 6.61. The van der Waals surface area contributed by atoms with Gasteiger partial charge in [0.05, 0.1) is 0 Å². The van der Waals surface area contributed by atoms with Gasteiger partial charge in [-0.05, 0) is 43.2 Å². The molecule has 2 unspecified atom stereocenters. The first kappa shape index (κ1) is 17.0. The van der Waals surface area contributed by atoms with Crippen LogP contribution in [0.2, 0.25) is 0 Å². The highest BCUT2D eigenvalue weighted by molar-refractivity contribution is 7.09. The van der Waals surface area contributed by atoms with Gasteiger partial charge in [0.15, 0.2) is 0 Å². The van der Waals surface area contributed by atoms with Crippen molar-refractivity contribution in [2.24, 2.45) is 11.7 Å². The fourth-order valence-corrected chi connectivity index (χ4v) is 4.73. The van der Waals surface area contributed by atoms with Gasteiger partial charge in [-0.3, -0.25) is 4.90 Å². The molecule has 0 spiro atoms. The normalized spacial score (nSPS) is 27.0. The molecule has 0 bridgehead atoms. The molecule has 0 aliphatic heterocycles. The first-order chi connectivity index (χ1) is 10.2. The Labute approximate surface area is 134 Å². The third-order valence-corrected chi connectivity index (χ3v) is 6.19. The van der Waals surface area contributed by atoms with Crippen molar-refractivity contribution in [2.45, 2.75) is 70.9 Å². The molecular formula is C18H32N2S. The van der Waals surface area contributed by atoms with E-state index in [1.807, 2.05) is 11.3 Å². The average Bonchev–Trinajstić information content (AvgIpc) is 2.93. The smallest absolute Gasteiger partial charge is 0.0335 e. The lowest BCUT2D eigenvalue weighted by Crippen LogP contribution is -2.53. The average molecular weight is 309 g/mol. The van der Waals surface area contributed by atoms with Crippen LogP contribution in [0.15, 0.2) is 17.5 Å². The van der Waals surface area contributed by atoms with Crippen LogP contribution in [0.25, 0.3) is 0 Å². The lowest BCUT2D eigenvalue weighted by molar-refractivity contribution is 0.0754. The summed E-state index contributed by atoms with van der Waals surface area (Å²) in [6.45, 7) is 7.60. The summed E-state index contributed by atoms with van der Waals surface area (Å²) >= 11 is 1.87. The van der Waals surface area contributed by atoms with Crippen LogP contribution in [0.4, 0.5) is 0 Å². The Hall–Kier alpha value is -0.380. The van der Waals surface area contributed by atoms with E-state index in [1.165, 1.54) is 49.8 Å². The molecule has 2 rings (SSSR count). The second-order valence-corrected chi connectivity index (χ2v) is 7.64. The first-order valence-corrected chi connectivity index (χ1v) is 9.59. The molecule has 1 aliphatic carbocycles. The van der Waals surface area contributed by atoms with Gasteiger partial charge < -0.3 is 5.73 Å². The molecule has 0 aromatic carbocycles. The maximum absolute atomic E-state index is 6.29. The summed E-state index contributed by atoms with van der Waals surface area (Å²) in [5.41, 5.74) is 6.53. The van der Waals surface area contributed by atoms with E-state index in [0.717, 1.165) is 25.6 Å². The van der Waals surface area contributed by atoms with Crippen molar-refractivity contribution in [3.05, 3.63) is 22.4 Å². The van der Waals surface area contributed by atoms with Crippen LogP contribution < -0.4 is 5.73 Å². The molecule has 2 atom stereocenters. The Morgan fingerprint density at radius 1 is 1.33 bits per heavy atom. The minimum atomic E-state index is 0.237. The zero-order valence-corrected chi connectivity index (χ0v) is 14.6. The molecule has 120 valence electrons. The van der Waals surface area contributed by atoms with Crippen molar-refractivity contribution in [3.63, 3.8) is 0 Å². The fourth-order valence-electron chi connectivity index (χ4n) is 4.01. The highest BCUT2D eigenvalue weighted by Crippen LogP contribution is 2.36. The van der Waals surface area contributed by atoms with Crippen molar-refractivity contribution in [3.8, 4) is 0 Å². The van der Waals surface area contributed by atoms with Gasteiger partial charge in [0.1, 0.15) is 0 Å². The van der Waals surface area contributed by atoms with Gasteiger partial charge in [-0.2, -0.15) is 0 Å². The first-order valence-electron chi connectivity index (χ1n) is 8.71. The molecule has 1 fully saturated rings. The van der Waals surface area contributed by atoms with E-state index in [0.29, 0.717) is 0 Å². The van der Waals surface area contributed by atoms with Gasteiger partial charge in [0.25, 0.3) is 0 Å². The van der Waals surface area contributed by atoms with Crippen LogP contribution in [0.3, 0.4) is 0 Å². The predicted octanol–water partition coefficient (Wildman–Crippen LogP) is 4.65. The Balaban J connectivity index is 2.07. The van der Waals surface area contributed by atoms with Gasteiger partial charge >= 0.3 is 0 Å². The Kier molecular flexibility index (Phi) is 6.72. The van der Waals surface area contributed by atoms with E-state index in [-0.39, 0.29) is 5.54 Å². The van der Waals surface area contributed by atoms with Gasteiger partial charge in [-0.25, -0.2) is 0 Å². The number of nitrogens with zero attached hydrogens (tertiary/aromatic N) is 1. The molecule has 0 amide bonds. The number of hydrogen-bond donors (Lipinski definition) is 1. The van der Waals surface area contributed by atoms with E-state index >= 15 is 0 Å². The molecule has 0 radical (unpaired) electrons. The molecule has 1 aromatic heterocycles. The van der Waals surface area contributed by atoms with Gasteiger partial charge in [0.2, 0.25) is 0 Å². The molecule has 1 aliphatic rings. The van der Waals surface area contributed by atoms with Crippen LogP contribution in [0.1, 0.15) is 63.7 Å². The van der Waals surface area contributed by atoms with Crippen molar-refractivity contribution in [1.82, 2.24) is 4.90 Å². The van der Waals surface area contributed by atoms with Gasteiger partial charge in [-0.1, -0.05) is 45.6 Å². The maximum atomic E-state index is 6.29. The van der Waals surface area contributed by atoms with Crippen molar-refractivity contribution in [2.75, 3.05) is 13.1 Å². The number of likely N-dealkylation sites (N-methyl/N-ethyl adjacent to an activating group) is 1. The number of thiophene rings is 1. The molecule has 0 saturated heterocycles. The molecule has 1 aromatic rings. The maximum Gasteiger partial charge on any atom is 0.0335 e. The summed E-state index contributed by atoms with van der Waals surface area (Å²) in [6.07, 6.45) is 9.42. The van der Waals surface area contributed by atoms with Crippen LogP contribution in [-0.2, 0) is 6.54 Å². The summed E-state index contributed by atoms with van der Waals surface area (Å²) in [6, 6.07) is 4.42. The summed E-state index contributed by atoms with van der Waals surface area (Å²) < 4.78 is 0. The predicted molar refractivity (Wildman–Crippen MR) is 93.7 cm³/mol. The number of hydrogen-bond acceptors (Lipinski definition) is 3. The van der Waals surface area contributed by atoms with Crippen LogP contribution in [-0.4, -0.2) is 23.5 Å². The van der Waals surface area contributed by atoms with E-state index in [2.05, 4.69) is 36.3 Å². The minimum absolute atomic E-state index is 0.237. The third-order valence-electron chi connectivity index (χ3n) is 5.33. The largest absolute Gasteiger partial charge is 0.329 e. The summed E-state index contributed by atoms with van der Waals surface area (Å²) in [5, 5.41) is 2.18. The quantitative estimate of drug-likeness (QED) is 0.743. The summed E-state index contributed by atoms with van der Waals surface area (Å²) in [7, 11) is 0. The van der Waals surface area contributed by atoms with Crippen LogP contribution in [0, 0.1) is 5.92 Å². The number of nitrogens with two attached hydrogens (primary N) is 1. The van der Waals surface area contributed by atoms with E-state index in [9.17, 15) is 0 Å². The molecular weight excluding hydrogens is 276 g/mol. The Bertz CT molecular complexity index is 390. The summed E-state index contributed by atoms with van der Waals surface area (Å²) in [4.78, 5) is 4.13. The summed E-state index contributed by atoms with van der Waals surface area (Å²) in [5.74, 6) is 0.934. The molecule has 21 heavy (non-hydrogen) atoms. The molecule has 2 N–H and O–H groups in total. The molecule has 3 heteroatoms. The van der Waals surface area contributed by atoms with E-state index in [4.69, 9.17) is 5.73 Å². The lowest BCUT2D eigenvalue weighted by Gasteiger charge is -2.43. The van der Waals surface area contributed by atoms with E-state index in [1.54, 1.807) is 0 Å². The second kappa shape index (κ2) is 8.30.